The zero-order valence-electron chi connectivity index (χ0n) is 19.9. The van der Waals surface area contributed by atoms with Crippen LogP contribution in [0.2, 0.25) is 0 Å². The van der Waals surface area contributed by atoms with Crippen molar-refractivity contribution in [2.45, 2.75) is 81.7 Å². The lowest BCUT2D eigenvalue weighted by Gasteiger charge is -2.29. The van der Waals surface area contributed by atoms with E-state index in [0.717, 1.165) is 6.42 Å². The number of carbonyl (C=O) groups is 4. The second-order valence-corrected chi connectivity index (χ2v) is 12.1. The Morgan fingerprint density at radius 1 is 1.15 bits per heavy atom. The molecule has 0 bridgehead atoms. The minimum atomic E-state index is -3.81. The highest BCUT2D eigenvalue weighted by atomic mass is 32.2. The third-order valence-electron chi connectivity index (χ3n) is 6.44. The van der Waals surface area contributed by atoms with Crippen molar-refractivity contribution >= 4 is 33.8 Å². The first-order chi connectivity index (χ1) is 15.8. The summed E-state index contributed by atoms with van der Waals surface area (Å²) in [6.45, 7) is 8.77. The number of carbonyl (C=O) groups excluding carboxylic acids is 4. The molecule has 3 fully saturated rings. The summed E-state index contributed by atoms with van der Waals surface area (Å²) in [5.74, 6) is -2.18. The first-order valence-corrected chi connectivity index (χ1v) is 13.1. The summed E-state index contributed by atoms with van der Waals surface area (Å²) in [6, 6.07) is -0.827. The monoisotopic (exact) mass is 498 g/mol. The van der Waals surface area contributed by atoms with E-state index in [1.807, 2.05) is 0 Å². The highest BCUT2D eigenvalue weighted by Gasteiger charge is 2.61. The van der Waals surface area contributed by atoms with Gasteiger partial charge in [0.2, 0.25) is 21.8 Å². The largest absolute Gasteiger partial charge is 0.444 e. The van der Waals surface area contributed by atoms with Crippen molar-refractivity contribution in [3.05, 3.63) is 12.7 Å². The van der Waals surface area contributed by atoms with Crippen molar-refractivity contribution in [1.82, 2.24) is 20.3 Å². The van der Waals surface area contributed by atoms with Gasteiger partial charge in [0, 0.05) is 12.5 Å². The lowest BCUT2D eigenvalue weighted by atomic mass is 10.0. The van der Waals surface area contributed by atoms with E-state index in [2.05, 4.69) is 21.9 Å². The summed E-state index contributed by atoms with van der Waals surface area (Å²) in [7, 11) is -3.81. The van der Waals surface area contributed by atoms with Crippen LogP contribution in [0.25, 0.3) is 0 Å². The molecule has 0 aromatic rings. The number of alkyl carbamates (subject to hydrolysis) is 1. The van der Waals surface area contributed by atoms with E-state index in [0.29, 0.717) is 32.2 Å². The molecule has 34 heavy (non-hydrogen) atoms. The Labute approximate surface area is 200 Å². The van der Waals surface area contributed by atoms with Gasteiger partial charge in [-0.3, -0.25) is 19.1 Å². The first-order valence-electron chi connectivity index (χ1n) is 11.6. The van der Waals surface area contributed by atoms with Crippen molar-refractivity contribution < 1.29 is 32.3 Å². The third kappa shape index (κ3) is 5.70. The Kier molecular flexibility index (Phi) is 7.30. The SMILES string of the molecule is C=C[C@@H]1C[C@]1(NC(=O)[C@@H]1CCCN1C(=O)CNC(=O)OC(C)(C)C)C(=O)NS(=O)(=O)C1CCC1. The molecule has 0 aromatic carbocycles. The van der Waals surface area contributed by atoms with Crippen molar-refractivity contribution in [3.63, 3.8) is 0 Å². The van der Waals surface area contributed by atoms with E-state index in [4.69, 9.17) is 4.74 Å². The fraction of sp³-hybridized carbons (Fsp3) is 0.727. The molecule has 11 nitrogen and oxygen atoms in total. The summed E-state index contributed by atoms with van der Waals surface area (Å²) >= 11 is 0. The topological polar surface area (TPSA) is 151 Å². The van der Waals surface area contributed by atoms with E-state index < -0.39 is 62.2 Å². The van der Waals surface area contributed by atoms with E-state index >= 15 is 0 Å². The molecule has 2 saturated carbocycles. The molecule has 2 aliphatic carbocycles. The van der Waals surface area contributed by atoms with Crippen molar-refractivity contribution in [2.24, 2.45) is 5.92 Å². The maximum absolute atomic E-state index is 13.1. The normalized spacial score (nSPS) is 26.7. The van der Waals surface area contributed by atoms with E-state index in [1.54, 1.807) is 20.8 Å². The highest BCUT2D eigenvalue weighted by Crippen LogP contribution is 2.45. The predicted octanol–water partition coefficient (Wildman–Crippen LogP) is 0.562. The van der Waals surface area contributed by atoms with Gasteiger partial charge in [0.25, 0.3) is 5.91 Å². The van der Waals surface area contributed by atoms with Gasteiger partial charge in [0.1, 0.15) is 23.7 Å². The number of hydrogen-bond acceptors (Lipinski definition) is 7. The number of amides is 4. The summed E-state index contributed by atoms with van der Waals surface area (Å²) < 4.78 is 32.1. The number of hydrogen-bond donors (Lipinski definition) is 3. The molecule has 1 saturated heterocycles. The van der Waals surface area contributed by atoms with Gasteiger partial charge in [0.05, 0.1) is 5.25 Å². The van der Waals surface area contributed by atoms with Crippen molar-refractivity contribution in [1.29, 1.82) is 0 Å². The average Bonchev–Trinajstić information content (AvgIpc) is 3.15. The van der Waals surface area contributed by atoms with Gasteiger partial charge in [-0.1, -0.05) is 12.5 Å². The number of sulfonamides is 1. The van der Waals surface area contributed by atoms with Crippen LogP contribution in [0.15, 0.2) is 12.7 Å². The molecule has 3 N–H and O–H groups in total. The summed E-state index contributed by atoms with van der Waals surface area (Å²) in [5, 5.41) is 4.49. The van der Waals surface area contributed by atoms with Crippen LogP contribution in [0.5, 0.6) is 0 Å². The van der Waals surface area contributed by atoms with Gasteiger partial charge in [-0.05, 0) is 52.9 Å². The zero-order valence-corrected chi connectivity index (χ0v) is 20.7. The molecule has 3 atom stereocenters. The first kappa shape index (κ1) is 26.0. The Bertz CT molecular complexity index is 970. The molecule has 190 valence electrons. The van der Waals surface area contributed by atoms with Gasteiger partial charge in [-0.15, -0.1) is 6.58 Å². The lowest BCUT2D eigenvalue weighted by molar-refractivity contribution is -0.139. The third-order valence-corrected chi connectivity index (χ3v) is 8.25. The number of nitrogens with one attached hydrogen (secondary N) is 3. The Balaban J connectivity index is 1.61. The van der Waals surface area contributed by atoms with Crippen LogP contribution in [0.1, 0.15) is 59.3 Å². The molecule has 12 heteroatoms. The maximum Gasteiger partial charge on any atom is 0.408 e. The van der Waals surface area contributed by atoms with Gasteiger partial charge in [-0.2, -0.15) is 0 Å². The van der Waals surface area contributed by atoms with Gasteiger partial charge in [-0.25, -0.2) is 13.2 Å². The van der Waals surface area contributed by atoms with E-state index in [1.165, 1.54) is 11.0 Å². The second-order valence-electron chi connectivity index (χ2n) is 10.1. The quantitative estimate of drug-likeness (QED) is 0.414. The number of likely N-dealkylation sites (tertiary alicyclic amines) is 1. The predicted molar refractivity (Wildman–Crippen MR) is 123 cm³/mol. The lowest BCUT2D eigenvalue weighted by Crippen LogP contribution is -2.57. The summed E-state index contributed by atoms with van der Waals surface area (Å²) in [6.07, 6.45) is 3.78. The summed E-state index contributed by atoms with van der Waals surface area (Å²) in [5.41, 5.74) is -2.11. The number of ether oxygens (including phenoxy) is 1. The molecule has 1 aliphatic heterocycles. The molecule has 3 aliphatic rings. The van der Waals surface area contributed by atoms with Gasteiger partial charge >= 0.3 is 6.09 Å². The Morgan fingerprint density at radius 2 is 1.82 bits per heavy atom. The molecule has 0 radical (unpaired) electrons. The van der Waals surface area contributed by atoms with Crippen molar-refractivity contribution in [3.8, 4) is 0 Å². The van der Waals surface area contributed by atoms with Gasteiger partial charge in [0.15, 0.2) is 0 Å². The Morgan fingerprint density at radius 3 is 2.35 bits per heavy atom. The minimum Gasteiger partial charge on any atom is -0.444 e. The minimum absolute atomic E-state index is 0.231. The molecular formula is C22H34N4O7S. The molecule has 0 unspecified atom stereocenters. The van der Waals surface area contributed by atoms with Gasteiger partial charge < -0.3 is 20.3 Å². The molecule has 1 heterocycles. The Hall–Kier alpha value is -2.63. The number of rotatable bonds is 8. The molecule has 4 amide bonds. The van der Waals surface area contributed by atoms with Crippen LogP contribution in [0, 0.1) is 5.92 Å². The van der Waals surface area contributed by atoms with Crippen LogP contribution >= 0.6 is 0 Å². The molecular weight excluding hydrogens is 464 g/mol. The van der Waals surface area contributed by atoms with Crippen LogP contribution in [-0.2, 0) is 29.1 Å². The zero-order chi connectivity index (χ0) is 25.3. The molecule has 0 spiro atoms. The number of nitrogens with zero attached hydrogens (tertiary/aromatic N) is 1. The highest BCUT2D eigenvalue weighted by molar-refractivity contribution is 7.90. The average molecular weight is 499 g/mol. The molecule has 0 aromatic heterocycles. The standard InChI is InChI=1S/C22H34N4O7S/c1-5-14-12-22(14,19(29)25-34(31,32)15-8-6-9-15)24-18(28)16-10-7-11-26(16)17(27)13-23-20(30)33-21(2,3)4/h5,14-16H,1,6-13H2,2-4H3,(H,23,30)(H,24,28)(H,25,29)/t14-,16+,22-/m1/s1. The van der Waals surface area contributed by atoms with Crippen molar-refractivity contribution in [2.75, 3.05) is 13.1 Å². The second kappa shape index (κ2) is 9.55. The molecule has 3 rings (SSSR count). The van der Waals surface area contributed by atoms with E-state index in [-0.39, 0.29) is 13.0 Å². The van der Waals surface area contributed by atoms with Crippen LogP contribution in [0.4, 0.5) is 4.79 Å². The van der Waals surface area contributed by atoms with Crippen LogP contribution < -0.4 is 15.4 Å². The van der Waals surface area contributed by atoms with E-state index in [9.17, 15) is 27.6 Å². The fourth-order valence-corrected chi connectivity index (χ4v) is 5.78. The fourth-order valence-electron chi connectivity index (χ4n) is 4.22. The summed E-state index contributed by atoms with van der Waals surface area (Å²) in [4.78, 5) is 51.9. The van der Waals surface area contributed by atoms with Crippen LogP contribution in [0.3, 0.4) is 0 Å². The smallest absolute Gasteiger partial charge is 0.408 e. The van der Waals surface area contributed by atoms with Crippen LogP contribution in [-0.4, -0.2) is 72.7 Å². The maximum atomic E-state index is 13.1.